The quantitative estimate of drug-likeness (QED) is 0.542. The van der Waals surface area contributed by atoms with Crippen molar-refractivity contribution in [1.29, 1.82) is 0 Å². The normalized spacial score (nSPS) is 9.75. The number of benzene rings is 2. The zero-order valence-electron chi connectivity index (χ0n) is 13.8. The van der Waals surface area contributed by atoms with Gasteiger partial charge in [-0.3, -0.25) is 0 Å². The summed E-state index contributed by atoms with van der Waals surface area (Å²) >= 11 is 9.04. The van der Waals surface area contributed by atoms with E-state index in [-0.39, 0.29) is 0 Å². The lowest BCUT2D eigenvalue weighted by Crippen LogP contribution is -2.04. The van der Waals surface area contributed by atoms with Crippen LogP contribution in [-0.4, -0.2) is 8.64 Å². The van der Waals surface area contributed by atoms with Crippen molar-refractivity contribution in [3.05, 3.63) is 59.7 Å². The SMILES string of the molecule is CCc1cccc(-c2ccccc2)c1CC.NC(=S)SSC(N)=S. The molecule has 0 amide bonds. The molecule has 0 aliphatic carbocycles. The van der Waals surface area contributed by atoms with Crippen LogP contribution in [0.1, 0.15) is 25.0 Å². The van der Waals surface area contributed by atoms with E-state index >= 15 is 0 Å². The smallest absolute Gasteiger partial charge is 0.142 e. The fourth-order valence-electron chi connectivity index (χ4n) is 2.35. The number of aryl methyl sites for hydroxylation is 1. The predicted molar refractivity (Wildman–Crippen MR) is 119 cm³/mol. The third-order valence-corrected chi connectivity index (χ3v) is 6.17. The standard InChI is InChI=1S/C16H18.C2H4N2S4/c1-3-13-11-8-12-16(15(13)4-2)14-9-6-5-7-10-14;3-1(5)7-8-2(4)6/h5-12H,3-4H2,1-2H3;(H2,3,5)(H2,4,6). The first-order valence-electron chi connectivity index (χ1n) is 7.59. The molecule has 0 spiro atoms. The highest BCUT2D eigenvalue weighted by Gasteiger charge is 2.06. The van der Waals surface area contributed by atoms with E-state index in [1.165, 1.54) is 43.8 Å². The lowest BCUT2D eigenvalue weighted by Gasteiger charge is -2.12. The minimum atomic E-state index is 0.350. The first-order chi connectivity index (χ1) is 11.5. The van der Waals surface area contributed by atoms with Gasteiger partial charge in [-0.05, 0) is 56.7 Å². The van der Waals surface area contributed by atoms with Gasteiger partial charge in [0.15, 0.2) is 0 Å². The largest absolute Gasteiger partial charge is 0.384 e. The maximum absolute atomic E-state index is 5.10. The van der Waals surface area contributed by atoms with Gasteiger partial charge in [-0.1, -0.05) is 86.8 Å². The molecule has 2 rings (SSSR count). The van der Waals surface area contributed by atoms with Gasteiger partial charge in [-0.2, -0.15) is 0 Å². The highest BCUT2D eigenvalue weighted by Crippen LogP contribution is 2.26. The van der Waals surface area contributed by atoms with Crippen LogP contribution in [0.5, 0.6) is 0 Å². The maximum Gasteiger partial charge on any atom is 0.142 e. The van der Waals surface area contributed by atoms with Gasteiger partial charge in [0, 0.05) is 0 Å². The summed E-state index contributed by atoms with van der Waals surface area (Å²) in [6.07, 6.45) is 2.22. The zero-order valence-corrected chi connectivity index (χ0v) is 17.1. The molecule has 0 atom stereocenters. The van der Waals surface area contributed by atoms with Gasteiger partial charge in [-0.25, -0.2) is 0 Å². The van der Waals surface area contributed by atoms with Crippen molar-refractivity contribution in [1.82, 2.24) is 0 Å². The Kier molecular flexibility index (Phi) is 10.0. The van der Waals surface area contributed by atoms with E-state index in [4.69, 9.17) is 11.5 Å². The highest BCUT2D eigenvalue weighted by molar-refractivity contribution is 8.89. The summed E-state index contributed by atoms with van der Waals surface area (Å²) in [5.41, 5.74) is 15.9. The number of thiocarbonyl (C=S) groups is 2. The van der Waals surface area contributed by atoms with E-state index in [9.17, 15) is 0 Å². The van der Waals surface area contributed by atoms with Crippen molar-refractivity contribution in [2.24, 2.45) is 11.5 Å². The van der Waals surface area contributed by atoms with E-state index in [1.54, 1.807) is 0 Å². The average Bonchev–Trinajstić information content (AvgIpc) is 2.60. The summed E-state index contributed by atoms with van der Waals surface area (Å²) < 4.78 is 0.700. The monoisotopic (exact) mass is 394 g/mol. The summed E-state index contributed by atoms with van der Waals surface area (Å²) in [6, 6.07) is 17.3. The Labute approximate surface area is 163 Å². The van der Waals surface area contributed by atoms with E-state index in [2.05, 4.69) is 86.8 Å². The van der Waals surface area contributed by atoms with Crippen LogP contribution in [-0.2, 0) is 12.8 Å². The molecule has 0 heterocycles. The molecule has 128 valence electrons. The fraction of sp³-hybridized carbons (Fsp3) is 0.222. The molecule has 2 aromatic carbocycles. The van der Waals surface area contributed by atoms with Crippen LogP contribution >= 0.6 is 46.0 Å². The summed E-state index contributed by atoms with van der Waals surface area (Å²) in [4.78, 5) is 0. The van der Waals surface area contributed by atoms with Crippen LogP contribution in [0.3, 0.4) is 0 Å². The lowest BCUT2D eigenvalue weighted by atomic mass is 9.93. The van der Waals surface area contributed by atoms with Crippen LogP contribution in [0.2, 0.25) is 0 Å². The van der Waals surface area contributed by atoms with Crippen molar-refractivity contribution in [2.45, 2.75) is 26.7 Å². The average molecular weight is 395 g/mol. The van der Waals surface area contributed by atoms with Gasteiger partial charge in [0.05, 0.1) is 0 Å². The molecule has 0 fully saturated rings. The summed E-state index contributed by atoms with van der Waals surface area (Å²) in [6.45, 7) is 4.46. The summed E-state index contributed by atoms with van der Waals surface area (Å²) in [5, 5.41) is 0. The molecule has 0 radical (unpaired) electrons. The van der Waals surface area contributed by atoms with Crippen LogP contribution in [0.4, 0.5) is 0 Å². The molecule has 0 aromatic heterocycles. The van der Waals surface area contributed by atoms with Gasteiger partial charge in [0.25, 0.3) is 0 Å². The summed E-state index contributed by atoms with van der Waals surface area (Å²) in [5.74, 6) is 0. The molecule has 0 bridgehead atoms. The van der Waals surface area contributed by atoms with E-state index in [1.807, 2.05) is 0 Å². The van der Waals surface area contributed by atoms with Crippen molar-refractivity contribution in [2.75, 3.05) is 0 Å². The molecule has 0 unspecified atom stereocenters. The lowest BCUT2D eigenvalue weighted by molar-refractivity contribution is 1.04. The number of hydrogen-bond donors (Lipinski definition) is 2. The summed E-state index contributed by atoms with van der Waals surface area (Å²) in [7, 11) is 2.40. The van der Waals surface area contributed by atoms with Gasteiger partial charge in [0.2, 0.25) is 0 Å². The Hall–Kier alpha value is -1.08. The van der Waals surface area contributed by atoms with E-state index < -0.39 is 0 Å². The maximum atomic E-state index is 5.10. The van der Waals surface area contributed by atoms with Gasteiger partial charge >= 0.3 is 0 Å². The first-order valence-corrected chi connectivity index (χ1v) is 10.6. The van der Waals surface area contributed by atoms with Crippen molar-refractivity contribution < 1.29 is 0 Å². The second-order valence-corrected chi connectivity index (χ2v) is 8.43. The molecule has 6 heteroatoms. The predicted octanol–water partition coefficient (Wildman–Crippen LogP) is 5.33. The molecule has 0 aliphatic rings. The molecule has 0 saturated heterocycles. The van der Waals surface area contributed by atoms with Gasteiger partial charge in [-0.15, -0.1) is 0 Å². The third kappa shape index (κ3) is 7.21. The molecular formula is C18H22N2S4. The van der Waals surface area contributed by atoms with Crippen LogP contribution in [0, 0.1) is 0 Å². The van der Waals surface area contributed by atoms with E-state index in [0.29, 0.717) is 8.64 Å². The minimum Gasteiger partial charge on any atom is -0.384 e. The van der Waals surface area contributed by atoms with Crippen molar-refractivity contribution >= 4 is 54.7 Å². The van der Waals surface area contributed by atoms with Crippen LogP contribution < -0.4 is 11.5 Å². The number of nitrogens with two attached hydrogens (primary N) is 2. The number of rotatable bonds is 3. The molecule has 24 heavy (non-hydrogen) atoms. The number of hydrogen-bond acceptors (Lipinski definition) is 4. The van der Waals surface area contributed by atoms with Crippen LogP contribution in [0.25, 0.3) is 11.1 Å². The molecule has 4 N–H and O–H groups in total. The topological polar surface area (TPSA) is 52.0 Å². The second-order valence-electron chi connectivity index (χ2n) is 4.82. The highest BCUT2D eigenvalue weighted by atomic mass is 33.1. The third-order valence-electron chi connectivity index (χ3n) is 3.30. The Balaban J connectivity index is 0.000000307. The van der Waals surface area contributed by atoms with Crippen molar-refractivity contribution in [3.8, 4) is 11.1 Å². The molecule has 0 aliphatic heterocycles. The Bertz CT molecular complexity index is 658. The second kappa shape index (κ2) is 11.5. The van der Waals surface area contributed by atoms with Crippen LogP contribution in [0.15, 0.2) is 48.5 Å². The zero-order chi connectivity index (χ0) is 17.9. The Morgan fingerprint density at radius 2 is 1.42 bits per heavy atom. The Morgan fingerprint density at radius 3 is 1.88 bits per heavy atom. The fourth-order valence-corrected chi connectivity index (χ4v) is 3.62. The molecular weight excluding hydrogens is 372 g/mol. The molecule has 2 aromatic rings. The van der Waals surface area contributed by atoms with Gasteiger partial charge < -0.3 is 11.5 Å². The minimum absolute atomic E-state index is 0.350. The van der Waals surface area contributed by atoms with E-state index in [0.717, 1.165) is 12.8 Å². The van der Waals surface area contributed by atoms with Crippen molar-refractivity contribution in [3.63, 3.8) is 0 Å². The van der Waals surface area contributed by atoms with Gasteiger partial charge in [0.1, 0.15) is 8.64 Å². The first kappa shape index (κ1) is 21.0. The molecule has 2 nitrogen and oxygen atoms in total. The Morgan fingerprint density at radius 1 is 0.833 bits per heavy atom. The molecule has 0 saturated carbocycles.